The van der Waals surface area contributed by atoms with Crippen LogP contribution in [0.1, 0.15) is 36.5 Å². The highest BCUT2D eigenvalue weighted by Gasteiger charge is 2.46. The number of anilines is 2. The largest absolute Gasteiger partial charge is 0.480 e. The van der Waals surface area contributed by atoms with Gasteiger partial charge in [0.05, 0.1) is 0 Å². The van der Waals surface area contributed by atoms with Crippen molar-refractivity contribution < 1.29 is 27.8 Å². The van der Waals surface area contributed by atoms with Crippen LogP contribution in [0.2, 0.25) is 10.0 Å². The number of alkyl halides is 3. The van der Waals surface area contributed by atoms with E-state index in [1.165, 1.54) is 24.3 Å². The van der Waals surface area contributed by atoms with Crippen LogP contribution >= 0.6 is 23.2 Å². The van der Waals surface area contributed by atoms with E-state index in [2.05, 4.69) is 15.3 Å². The first-order valence-corrected chi connectivity index (χ1v) is 13.7. The molecule has 1 unspecified atom stereocenters. The summed E-state index contributed by atoms with van der Waals surface area (Å²) in [5, 5.41) is 13.2. The number of hydrogen-bond donors (Lipinski definition) is 3. The molecular formula is C28H28Cl2F3N5O3. The van der Waals surface area contributed by atoms with Gasteiger partial charge in [0.2, 0.25) is 17.9 Å². The highest BCUT2D eigenvalue weighted by atomic mass is 35.5. The number of rotatable bonds is 6. The molecule has 2 saturated heterocycles. The fourth-order valence-electron chi connectivity index (χ4n) is 5.58. The van der Waals surface area contributed by atoms with E-state index in [-0.39, 0.29) is 33.4 Å². The number of carboxylic acids is 1. The van der Waals surface area contributed by atoms with E-state index < -0.39 is 24.3 Å². The Bertz CT molecular complexity index is 1460. The lowest BCUT2D eigenvalue weighted by Gasteiger charge is -2.39. The first-order chi connectivity index (χ1) is 19.3. The van der Waals surface area contributed by atoms with E-state index in [0.29, 0.717) is 60.9 Å². The Labute approximate surface area is 244 Å². The number of halogens is 5. The highest BCUT2D eigenvalue weighted by molar-refractivity contribution is 6.31. The average molecular weight is 610 g/mol. The summed E-state index contributed by atoms with van der Waals surface area (Å²) in [6.07, 6.45) is -5.26. The normalized spacial score (nSPS) is 19.4. The molecule has 0 aliphatic carbocycles. The van der Waals surface area contributed by atoms with Crippen LogP contribution in [0.4, 0.5) is 24.9 Å². The van der Waals surface area contributed by atoms with Crippen LogP contribution in [0.3, 0.4) is 0 Å². The summed E-state index contributed by atoms with van der Waals surface area (Å²) in [5.41, 5.74) is 7.05. The molecule has 3 heterocycles. The number of nitrogens with two attached hydrogens (primary N) is 1. The second-order valence-electron chi connectivity index (χ2n) is 10.6. The summed E-state index contributed by atoms with van der Waals surface area (Å²) in [6, 6.07) is 9.82. The molecule has 0 amide bonds. The van der Waals surface area contributed by atoms with E-state index >= 15 is 0 Å². The Morgan fingerprint density at radius 1 is 1.17 bits per heavy atom. The van der Waals surface area contributed by atoms with E-state index in [9.17, 15) is 23.1 Å². The number of hydrogen-bond acceptors (Lipinski definition) is 7. The minimum atomic E-state index is -4.81. The number of piperidine rings is 1. The topological polar surface area (TPSA) is 114 Å². The Kier molecular flexibility index (Phi) is 7.97. The van der Waals surface area contributed by atoms with Gasteiger partial charge in [-0.15, -0.1) is 0 Å². The van der Waals surface area contributed by atoms with Crippen molar-refractivity contribution in [3.63, 3.8) is 0 Å². The van der Waals surface area contributed by atoms with Crippen LogP contribution in [-0.4, -0.2) is 52.9 Å². The molecular weight excluding hydrogens is 582 g/mol. The second kappa shape index (κ2) is 11.2. The van der Waals surface area contributed by atoms with Crippen LogP contribution in [0.25, 0.3) is 11.1 Å². The maximum atomic E-state index is 14.5. The van der Waals surface area contributed by atoms with Gasteiger partial charge in [0.1, 0.15) is 11.9 Å². The summed E-state index contributed by atoms with van der Waals surface area (Å²) in [5.74, 6) is -1.08. The van der Waals surface area contributed by atoms with Crippen molar-refractivity contribution in [1.82, 2.24) is 15.3 Å². The van der Waals surface area contributed by atoms with Gasteiger partial charge in [-0.2, -0.15) is 23.1 Å². The number of nitrogens with one attached hydrogen (secondary N) is 1. The van der Waals surface area contributed by atoms with Gasteiger partial charge in [0, 0.05) is 41.3 Å². The number of carboxylic acid groups (broad SMARTS) is 1. The van der Waals surface area contributed by atoms with Gasteiger partial charge in [-0.25, -0.2) is 0 Å². The molecule has 8 nitrogen and oxygen atoms in total. The summed E-state index contributed by atoms with van der Waals surface area (Å²) < 4.78 is 49.1. The molecule has 13 heteroatoms. The fourth-order valence-corrected chi connectivity index (χ4v) is 5.87. The summed E-state index contributed by atoms with van der Waals surface area (Å²) in [6.45, 7) is 3.42. The summed E-state index contributed by atoms with van der Waals surface area (Å²) >= 11 is 12.3. The number of ether oxygens (including phenoxy) is 1. The lowest BCUT2D eigenvalue weighted by molar-refractivity contribution is -0.198. The lowest BCUT2D eigenvalue weighted by Crippen LogP contribution is -2.41. The van der Waals surface area contributed by atoms with E-state index in [1.54, 1.807) is 25.1 Å². The van der Waals surface area contributed by atoms with Crippen LogP contribution in [0.15, 0.2) is 42.5 Å². The first kappa shape index (κ1) is 29.2. The quantitative estimate of drug-likeness (QED) is 0.309. The monoisotopic (exact) mass is 609 g/mol. The molecule has 2 aromatic carbocycles. The maximum absolute atomic E-state index is 14.5. The fraction of sp³-hybridized carbons (Fsp3) is 0.393. The number of carbonyl (C=O) groups is 1. The Morgan fingerprint density at radius 2 is 1.90 bits per heavy atom. The van der Waals surface area contributed by atoms with Crippen molar-refractivity contribution in [2.24, 2.45) is 5.41 Å². The second-order valence-corrected chi connectivity index (χ2v) is 11.5. The number of benzene rings is 2. The molecule has 2 fully saturated rings. The zero-order valence-electron chi connectivity index (χ0n) is 22.0. The van der Waals surface area contributed by atoms with Crippen molar-refractivity contribution in [2.75, 3.05) is 30.3 Å². The summed E-state index contributed by atoms with van der Waals surface area (Å²) in [7, 11) is 0. The lowest BCUT2D eigenvalue weighted by atomic mass is 9.76. The molecule has 1 spiro atoms. The van der Waals surface area contributed by atoms with Crippen molar-refractivity contribution in [1.29, 1.82) is 0 Å². The number of aryl methyl sites for hydroxylation is 1. The smallest absolute Gasteiger partial charge is 0.429 e. The molecule has 0 radical (unpaired) electrons. The molecule has 2 aliphatic heterocycles. The zero-order chi connectivity index (χ0) is 29.5. The molecule has 1 aromatic heterocycles. The maximum Gasteiger partial charge on any atom is 0.429 e. The summed E-state index contributed by atoms with van der Waals surface area (Å²) in [4.78, 5) is 21.5. The van der Waals surface area contributed by atoms with Crippen molar-refractivity contribution >= 4 is 40.9 Å². The van der Waals surface area contributed by atoms with E-state index in [4.69, 9.17) is 33.7 Å². The Balaban J connectivity index is 1.42. The molecule has 4 N–H and O–H groups in total. The third-order valence-corrected chi connectivity index (χ3v) is 8.48. The SMILES string of the molecule is Cc1cc(-c2cc(Cl)ccc2[C@@H](Oc2cc(N3CCC4(CC3)CNC(C(=O)O)C4)nc(N)n2)C(F)(F)F)ccc1Cl. The average Bonchev–Trinajstić information content (AvgIpc) is 3.32. The van der Waals surface area contributed by atoms with Gasteiger partial charge in [0.15, 0.2) is 0 Å². The van der Waals surface area contributed by atoms with E-state index in [1.807, 2.05) is 4.90 Å². The zero-order valence-corrected chi connectivity index (χ0v) is 23.5. The van der Waals surface area contributed by atoms with Gasteiger partial charge in [-0.3, -0.25) is 4.79 Å². The number of aliphatic carboxylic acids is 1. The predicted molar refractivity (Wildman–Crippen MR) is 150 cm³/mol. The molecule has 0 saturated carbocycles. The number of nitrogens with zero attached hydrogens (tertiary/aromatic N) is 3. The molecule has 3 aromatic rings. The highest BCUT2D eigenvalue weighted by Crippen LogP contribution is 2.43. The number of aromatic nitrogens is 2. The van der Waals surface area contributed by atoms with E-state index in [0.717, 1.165) is 0 Å². The minimum Gasteiger partial charge on any atom is -0.480 e. The van der Waals surface area contributed by atoms with Crippen LogP contribution < -0.4 is 20.7 Å². The first-order valence-electron chi connectivity index (χ1n) is 13.0. The van der Waals surface area contributed by atoms with Crippen molar-refractivity contribution in [3.05, 3.63) is 63.6 Å². The molecule has 218 valence electrons. The van der Waals surface area contributed by atoms with Crippen molar-refractivity contribution in [3.8, 4) is 17.0 Å². The minimum absolute atomic E-state index is 0.149. The van der Waals surface area contributed by atoms with Crippen LogP contribution in [0, 0.1) is 12.3 Å². The van der Waals surface area contributed by atoms with Gasteiger partial charge in [0.25, 0.3) is 0 Å². The van der Waals surface area contributed by atoms with Crippen LogP contribution in [-0.2, 0) is 4.79 Å². The molecule has 5 rings (SSSR count). The molecule has 2 atom stereocenters. The third kappa shape index (κ3) is 6.32. The van der Waals surface area contributed by atoms with Crippen molar-refractivity contribution in [2.45, 2.75) is 44.5 Å². The Hall–Kier alpha value is -3.28. The number of nitrogen functional groups attached to an aromatic ring is 1. The van der Waals surface area contributed by atoms with Gasteiger partial charge in [-0.05, 0) is 72.6 Å². The molecule has 41 heavy (non-hydrogen) atoms. The van der Waals surface area contributed by atoms with Gasteiger partial charge >= 0.3 is 12.1 Å². The third-order valence-electron chi connectivity index (χ3n) is 7.82. The van der Waals surface area contributed by atoms with Crippen LogP contribution in [0.5, 0.6) is 5.88 Å². The van der Waals surface area contributed by atoms with Gasteiger partial charge < -0.3 is 25.8 Å². The van der Waals surface area contributed by atoms with Gasteiger partial charge in [-0.1, -0.05) is 35.3 Å². The Morgan fingerprint density at radius 3 is 2.54 bits per heavy atom. The molecule has 0 bridgehead atoms. The predicted octanol–water partition coefficient (Wildman–Crippen LogP) is 6.06. The standard InChI is InChI=1S/C28H28Cl2F3N5O3/c1-15-10-16(2-5-20(15)30)19-11-17(29)3-4-18(19)24(28(31,32)33)41-23-12-22(36-26(34)37-23)38-8-6-27(7-9-38)13-21(25(39)40)35-14-27/h2-5,10-12,21,24,35H,6-9,13-14H2,1H3,(H,39,40)(H2,34,36,37)/t21?,24-/m1/s1. The molecule has 2 aliphatic rings.